The third-order valence-electron chi connectivity index (χ3n) is 3.79. The number of nitrogens with one attached hydrogen (secondary N) is 2. The first-order valence-corrected chi connectivity index (χ1v) is 8.78. The maximum Gasteiger partial charge on any atom is 0.191 e. The largest absolute Gasteiger partial charge is 0.377 e. The molecule has 2 rings (SSSR count). The number of methoxy groups -OCH3 is 1. The lowest BCUT2D eigenvalue weighted by atomic mass is 10.1. The fraction of sp³-hybridized carbons (Fsp3) is 0.444. The number of aromatic nitrogens is 1. The Morgan fingerprint density at radius 3 is 2.58 bits per heavy atom. The molecule has 0 saturated carbocycles. The van der Waals surface area contributed by atoms with Crippen molar-refractivity contribution in [3.8, 4) is 10.6 Å². The van der Waals surface area contributed by atoms with E-state index in [4.69, 9.17) is 4.74 Å². The number of aliphatic imine (C=N–C) groups is 1. The maximum atomic E-state index is 5.41. The van der Waals surface area contributed by atoms with Gasteiger partial charge in [0.15, 0.2) is 5.96 Å². The quantitative estimate of drug-likeness (QED) is 0.623. The van der Waals surface area contributed by atoms with Gasteiger partial charge >= 0.3 is 0 Å². The number of guanidine groups is 1. The molecule has 0 bridgehead atoms. The zero-order chi connectivity index (χ0) is 17.6. The van der Waals surface area contributed by atoms with E-state index in [0.717, 1.165) is 22.2 Å². The zero-order valence-corrected chi connectivity index (χ0v) is 15.8. The molecule has 0 spiro atoms. The van der Waals surface area contributed by atoms with Crippen molar-refractivity contribution < 1.29 is 4.74 Å². The van der Waals surface area contributed by atoms with Gasteiger partial charge in [-0.15, -0.1) is 11.3 Å². The van der Waals surface area contributed by atoms with Gasteiger partial charge in [0.25, 0.3) is 0 Å². The summed E-state index contributed by atoms with van der Waals surface area (Å²) in [4.78, 5) is 10.2. The smallest absolute Gasteiger partial charge is 0.191 e. The SMILES string of the molecule is CN=C(NCc1sc(-c2ccccc2)nc1C)NCC(C)(C)OC. The van der Waals surface area contributed by atoms with Crippen LogP contribution in [0.4, 0.5) is 0 Å². The molecule has 2 N–H and O–H groups in total. The average molecular weight is 347 g/mol. The molecule has 0 atom stereocenters. The minimum Gasteiger partial charge on any atom is -0.377 e. The van der Waals surface area contributed by atoms with Crippen molar-refractivity contribution >= 4 is 17.3 Å². The molecule has 24 heavy (non-hydrogen) atoms. The number of aryl methyl sites for hydroxylation is 1. The van der Waals surface area contributed by atoms with Crippen molar-refractivity contribution in [2.24, 2.45) is 4.99 Å². The number of thiazole rings is 1. The van der Waals surface area contributed by atoms with E-state index < -0.39 is 0 Å². The fourth-order valence-corrected chi connectivity index (χ4v) is 3.06. The van der Waals surface area contributed by atoms with Crippen molar-refractivity contribution in [3.05, 3.63) is 40.9 Å². The predicted octanol–water partition coefficient (Wildman–Crippen LogP) is 3.21. The van der Waals surface area contributed by atoms with Crippen LogP contribution in [0.1, 0.15) is 24.4 Å². The molecule has 1 aromatic heterocycles. The molecule has 0 aliphatic heterocycles. The lowest BCUT2D eigenvalue weighted by Gasteiger charge is -2.24. The molecule has 0 amide bonds. The molecule has 6 heteroatoms. The minimum absolute atomic E-state index is 0.238. The molecule has 1 heterocycles. The third kappa shape index (κ3) is 5.04. The first-order valence-electron chi connectivity index (χ1n) is 7.96. The van der Waals surface area contributed by atoms with Crippen LogP contribution in [-0.2, 0) is 11.3 Å². The average Bonchev–Trinajstić information content (AvgIpc) is 2.97. The van der Waals surface area contributed by atoms with Crippen LogP contribution in [0.25, 0.3) is 10.6 Å². The van der Waals surface area contributed by atoms with Gasteiger partial charge < -0.3 is 15.4 Å². The summed E-state index contributed by atoms with van der Waals surface area (Å²) in [7, 11) is 3.48. The van der Waals surface area contributed by atoms with Crippen LogP contribution in [0, 0.1) is 6.92 Å². The second kappa shape index (κ2) is 8.26. The Hall–Kier alpha value is -1.92. The van der Waals surface area contributed by atoms with Gasteiger partial charge in [-0.1, -0.05) is 30.3 Å². The Balaban J connectivity index is 1.97. The molecule has 5 nitrogen and oxygen atoms in total. The van der Waals surface area contributed by atoms with E-state index in [1.54, 1.807) is 25.5 Å². The summed E-state index contributed by atoms with van der Waals surface area (Å²) in [6.07, 6.45) is 0. The van der Waals surface area contributed by atoms with Gasteiger partial charge in [-0.25, -0.2) is 4.98 Å². The Labute approximate surface area is 148 Å². The summed E-state index contributed by atoms with van der Waals surface area (Å²) in [6, 6.07) is 10.3. The van der Waals surface area contributed by atoms with Crippen LogP contribution in [0.2, 0.25) is 0 Å². The Morgan fingerprint density at radius 1 is 1.25 bits per heavy atom. The normalized spacial score (nSPS) is 12.3. The molecule has 2 aromatic rings. The number of benzene rings is 1. The highest BCUT2D eigenvalue weighted by Gasteiger charge is 2.16. The van der Waals surface area contributed by atoms with Crippen molar-refractivity contribution in [2.75, 3.05) is 20.7 Å². The number of hydrogen-bond donors (Lipinski definition) is 2. The molecule has 130 valence electrons. The topological polar surface area (TPSA) is 58.5 Å². The van der Waals surface area contributed by atoms with E-state index in [9.17, 15) is 0 Å². The predicted molar refractivity (Wildman–Crippen MR) is 102 cm³/mol. The van der Waals surface area contributed by atoms with E-state index in [1.807, 2.05) is 39.0 Å². The fourth-order valence-electron chi connectivity index (χ4n) is 2.05. The third-order valence-corrected chi connectivity index (χ3v) is 4.99. The Morgan fingerprint density at radius 2 is 1.96 bits per heavy atom. The molecule has 0 aliphatic carbocycles. The van der Waals surface area contributed by atoms with Gasteiger partial charge in [0.1, 0.15) is 5.01 Å². The zero-order valence-electron chi connectivity index (χ0n) is 15.0. The highest BCUT2D eigenvalue weighted by molar-refractivity contribution is 7.15. The van der Waals surface area contributed by atoms with Crippen molar-refractivity contribution in [1.29, 1.82) is 0 Å². The molecular formula is C18H26N4OS. The van der Waals surface area contributed by atoms with Gasteiger partial charge in [0.2, 0.25) is 0 Å². The molecule has 0 radical (unpaired) electrons. The van der Waals surface area contributed by atoms with E-state index >= 15 is 0 Å². The van der Waals surface area contributed by atoms with Crippen LogP contribution in [0.15, 0.2) is 35.3 Å². The number of nitrogens with zero attached hydrogens (tertiary/aromatic N) is 2. The van der Waals surface area contributed by atoms with Gasteiger partial charge in [-0.2, -0.15) is 0 Å². The monoisotopic (exact) mass is 346 g/mol. The first kappa shape index (κ1) is 18.4. The van der Waals surface area contributed by atoms with Crippen LogP contribution < -0.4 is 10.6 Å². The summed E-state index contributed by atoms with van der Waals surface area (Å²) in [5, 5.41) is 7.68. The van der Waals surface area contributed by atoms with Crippen molar-refractivity contribution in [3.63, 3.8) is 0 Å². The second-order valence-electron chi connectivity index (χ2n) is 6.14. The first-order chi connectivity index (χ1) is 11.4. The summed E-state index contributed by atoms with van der Waals surface area (Å²) in [6.45, 7) is 7.49. The molecule has 0 fully saturated rings. The highest BCUT2D eigenvalue weighted by Crippen LogP contribution is 2.27. The lowest BCUT2D eigenvalue weighted by molar-refractivity contribution is 0.0268. The van der Waals surface area contributed by atoms with Gasteiger partial charge in [0, 0.05) is 31.1 Å². The van der Waals surface area contributed by atoms with Crippen LogP contribution in [0.3, 0.4) is 0 Å². The van der Waals surface area contributed by atoms with E-state index in [0.29, 0.717) is 13.1 Å². The van der Waals surface area contributed by atoms with Gasteiger partial charge in [-0.3, -0.25) is 4.99 Å². The minimum atomic E-state index is -0.238. The summed E-state index contributed by atoms with van der Waals surface area (Å²) >= 11 is 1.71. The standard InChI is InChI=1S/C18H26N4OS/c1-13-15(24-16(22-13)14-9-7-6-8-10-14)11-20-17(19-4)21-12-18(2,3)23-5/h6-10H,11-12H2,1-5H3,(H2,19,20,21). The van der Waals surface area contributed by atoms with Crippen molar-refractivity contribution in [1.82, 2.24) is 15.6 Å². The van der Waals surface area contributed by atoms with Crippen molar-refractivity contribution in [2.45, 2.75) is 32.9 Å². The van der Waals surface area contributed by atoms with Gasteiger partial charge in [0.05, 0.1) is 17.8 Å². The summed E-state index contributed by atoms with van der Waals surface area (Å²) in [5.41, 5.74) is 1.97. The Bertz CT molecular complexity index is 680. The number of rotatable bonds is 6. The lowest BCUT2D eigenvalue weighted by Crippen LogP contribution is -2.45. The number of ether oxygens (including phenoxy) is 1. The summed E-state index contributed by atoms with van der Waals surface area (Å²) < 4.78 is 5.41. The highest BCUT2D eigenvalue weighted by atomic mass is 32.1. The molecule has 0 aliphatic rings. The summed E-state index contributed by atoms with van der Waals surface area (Å²) in [5.74, 6) is 0.759. The maximum absolute atomic E-state index is 5.41. The van der Waals surface area contributed by atoms with E-state index in [1.165, 1.54) is 4.88 Å². The molecule has 0 saturated heterocycles. The number of hydrogen-bond acceptors (Lipinski definition) is 4. The van der Waals surface area contributed by atoms with E-state index in [2.05, 4.69) is 32.7 Å². The molecule has 0 unspecified atom stereocenters. The Kier molecular flexibility index (Phi) is 6.34. The van der Waals surface area contributed by atoms with Gasteiger partial charge in [-0.05, 0) is 20.8 Å². The van der Waals surface area contributed by atoms with Crippen LogP contribution in [0.5, 0.6) is 0 Å². The van der Waals surface area contributed by atoms with E-state index in [-0.39, 0.29) is 5.60 Å². The van der Waals surface area contributed by atoms with Crippen LogP contribution >= 0.6 is 11.3 Å². The molecular weight excluding hydrogens is 320 g/mol. The van der Waals surface area contributed by atoms with Crippen LogP contribution in [-0.4, -0.2) is 37.2 Å². The molecule has 1 aromatic carbocycles. The second-order valence-corrected chi connectivity index (χ2v) is 7.22.